The van der Waals surface area contributed by atoms with Crippen molar-refractivity contribution in [2.24, 2.45) is 0 Å². The monoisotopic (exact) mass is 204 g/mol. The van der Waals surface area contributed by atoms with E-state index in [9.17, 15) is 4.79 Å². The van der Waals surface area contributed by atoms with Crippen molar-refractivity contribution < 1.29 is 10.5 Å². The number of carbonyl (C=O) groups excluding carboxylic acids is 1. The summed E-state index contributed by atoms with van der Waals surface area (Å²) in [5.74, 6) is -0.0742. The summed E-state index contributed by atoms with van der Waals surface area (Å²) < 4.78 is 0. The average Bonchev–Trinajstić information content (AvgIpc) is 2.69. The Morgan fingerprint density at radius 1 is 1.40 bits per heavy atom. The summed E-state index contributed by atoms with van der Waals surface area (Å²) in [6, 6.07) is 9.68. The van der Waals surface area contributed by atoms with Gasteiger partial charge in [0.25, 0.3) is 5.91 Å². The molecule has 4 nitrogen and oxygen atoms in total. The van der Waals surface area contributed by atoms with Gasteiger partial charge in [-0.1, -0.05) is 18.2 Å². The van der Waals surface area contributed by atoms with Crippen molar-refractivity contribution in [3.8, 4) is 0 Å². The number of rotatable bonds is 3. The molecule has 0 fully saturated rings. The molecule has 0 spiro atoms. The Morgan fingerprint density at radius 3 is 2.93 bits per heavy atom. The highest BCUT2D eigenvalue weighted by molar-refractivity contribution is 5.97. The third kappa shape index (κ3) is 1.99. The second-order valence-electron chi connectivity index (χ2n) is 3.38. The van der Waals surface area contributed by atoms with E-state index in [4.69, 9.17) is 0 Å². The fraction of sp³-hybridized carbons (Fsp3) is 0.182. The summed E-state index contributed by atoms with van der Waals surface area (Å²) in [5, 5.41) is 3.83. The molecule has 0 saturated heterocycles. The van der Waals surface area contributed by atoms with Crippen LogP contribution in [0.3, 0.4) is 0 Å². The lowest BCUT2D eigenvalue weighted by molar-refractivity contribution is -0.364. The summed E-state index contributed by atoms with van der Waals surface area (Å²) in [6.45, 7) is 1.31. The van der Waals surface area contributed by atoms with E-state index < -0.39 is 0 Å². The Kier molecular flexibility index (Phi) is 2.69. The van der Waals surface area contributed by atoms with E-state index >= 15 is 0 Å². The highest BCUT2D eigenvalue weighted by Gasteiger charge is 2.07. The molecule has 1 aromatic heterocycles. The largest absolute Gasteiger partial charge is 0.356 e. The van der Waals surface area contributed by atoms with Crippen molar-refractivity contribution in [1.29, 1.82) is 0 Å². The molecule has 2 aromatic rings. The van der Waals surface area contributed by atoms with Crippen molar-refractivity contribution in [1.82, 2.24) is 10.3 Å². The van der Waals surface area contributed by atoms with Crippen molar-refractivity contribution in [2.75, 3.05) is 13.1 Å². The Morgan fingerprint density at radius 2 is 2.20 bits per heavy atom. The summed E-state index contributed by atoms with van der Waals surface area (Å²) in [6.07, 6.45) is 0. The first-order valence-corrected chi connectivity index (χ1v) is 4.96. The summed E-state index contributed by atoms with van der Waals surface area (Å²) in [4.78, 5) is 14.7. The van der Waals surface area contributed by atoms with Gasteiger partial charge in [-0.25, -0.2) is 0 Å². The van der Waals surface area contributed by atoms with Crippen LogP contribution in [-0.4, -0.2) is 24.0 Å². The smallest absolute Gasteiger partial charge is 0.267 e. The van der Waals surface area contributed by atoms with Crippen LogP contribution in [0.2, 0.25) is 0 Å². The number of hydrogen-bond donors (Lipinski definition) is 3. The summed E-state index contributed by atoms with van der Waals surface area (Å²) >= 11 is 0. The molecule has 1 heterocycles. The maximum atomic E-state index is 11.6. The fourth-order valence-corrected chi connectivity index (χ4v) is 1.49. The molecule has 0 radical (unpaired) electrons. The number of H-pyrrole nitrogens is 1. The van der Waals surface area contributed by atoms with Gasteiger partial charge in [-0.15, -0.1) is 0 Å². The minimum atomic E-state index is -0.0742. The molecule has 0 aliphatic rings. The lowest BCUT2D eigenvalue weighted by atomic mass is 10.2. The van der Waals surface area contributed by atoms with Crippen molar-refractivity contribution >= 4 is 16.8 Å². The zero-order valence-electron chi connectivity index (χ0n) is 8.42. The van der Waals surface area contributed by atoms with Gasteiger partial charge in [-0.2, -0.15) is 0 Å². The first-order valence-electron chi connectivity index (χ1n) is 4.96. The highest BCUT2D eigenvalue weighted by Crippen LogP contribution is 2.14. The van der Waals surface area contributed by atoms with E-state index in [1.54, 1.807) is 0 Å². The number of carbonyl (C=O) groups is 1. The minimum absolute atomic E-state index is 0.0742. The van der Waals surface area contributed by atoms with Crippen LogP contribution < -0.4 is 11.1 Å². The van der Waals surface area contributed by atoms with E-state index in [-0.39, 0.29) is 5.91 Å². The Labute approximate surface area is 87.5 Å². The SMILES string of the molecule is [NH3+]CCNC(=O)c1cc2ccccc2[nH]1. The molecular weight excluding hydrogens is 190 g/mol. The molecular formula is C11H14N3O+. The molecule has 0 aliphatic heterocycles. The van der Waals surface area contributed by atoms with Gasteiger partial charge in [-0.3, -0.25) is 4.79 Å². The Hall–Kier alpha value is -1.81. The van der Waals surface area contributed by atoms with Crippen molar-refractivity contribution in [3.63, 3.8) is 0 Å². The van der Waals surface area contributed by atoms with Crippen LogP contribution >= 0.6 is 0 Å². The molecule has 0 aliphatic carbocycles. The van der Waals surface area contributed by atoms with E-state index in [0.717, 1.165) is 10.9 Å². The molecule has 2 rings (SSSR count). The molecule has 5 N–H and O–H groups in total. The number of quaternary nitrogens is 1. The Bertz CT molecular complexity index is 442. The number of hydrogen-bond acceptors (Lipinski definition) is 1. The molecule has 0 atom stereocenters. The second-order valence-corrected chi connectivity index (χ2v) is 3.38. The molecule has 1 aromatic carbocycles. The second kappa shape index (κ2) is 4.14. The van der Waals surface area contributed by atoms with Crippen LogP contribution in [0.5, 0.6) is 0 Å². The van der Waals surface area contributed by atoms with Crippen molar-refractivity contribution in [3.05, 3.63) is 36.0 Å². The lowest BCUT2D eigenvalue weighted by Crippen LogP contribution is -2.54. The van der Waals surface area contributed by atoms with Gasteiger partial charge in [0.05, 0.1) is 13.1 Å². The predicted molar refractivity (Wildman–Crippen MR) is 58.4 cm³/mol. The number of aromatic nitrogens is 1. The average molecular weight is 204 g/mol. The number of fused-ring (bicyclic) bond motifs is 1. The fourth-order valence-electron chi connectivity index (χ4n) is 1.49. The molecule has 15 heavy (non-hydrogen) atoms. The summed E-state index contributed by atoms with van der Waals surface area (Å²) in [5.41, 5.74) is 5.25. The summed E-state index contributed by atoms with van der Waals surface area (Å²) in [7, 11) is 0. The van der Waals surface area contributed by atoms with Crippen LogP contribution in [0.25, 0.3) is 10.9 Å². The molecule has 0 saturated carbocycles. The van der Waals surface area contributed by atoms with E-state index in [1.807, 2.05) is 30.3 Å². The van der Waals surface area contributed by atoms with Crippen LogP contribution in [-0.2, 0) is 0 Å². The Balaban J connectivity index is 2.25. The van der Waals surface area contributed by atoms with E-state index in [2.05, 4.69) is 16.0 Å². The van der Waals surface area contributed by atoms with Crippen LogP contribution in [0.4, 0.5) is 0 Å². The number of nitrogens with one attached hydrogen (secondary N) is 2. The molecule has 0 bridgehead atoms. The molecule has 4 heteroatoms. The molecule has 78 valence electrons. The van der Waals surface area contributed by atoms with Gasteiger partial charge in [0.15, 0.2) is 0 Å². The van der Waals surface area contributed by atoms with Gasteiger partial charge >= 0.3 is 0 Å². The standard InChI is InChI=1S/C11H13N3O/c12-5-6-13-11(15)10-7-8-3-1-2-4-9(8)14-10/h1-4,7,14H,5-6,12H2,(H,13,15)/p+1. The first kappa shape index (κ1) is 9.73. The topological polar surface area (TPSA) is 72.5 Å². The lowest BCUT2D eigenvalue weighted by Gasteiger charge is -1.98. The van der Waals surface area contributed by atoms with Gasteiger partial charge in [0, 0.05) is 10.9 Å². The van der Waals surface area contributed by atoms with Gasteiger partial charge in [0.1, 0.15) is 5.69 Å². The molecule has 1 amide bonds. The van der Waals surface area contributed by atoms with Gasteiger partial charge in [-0.05, 0) is 12.1 Å². The van der Waals surface area contributed by atoms with Crippen LogP contribution in [0.15, 0.2) is 30.3 Å². The third-order valence-corrected chi connectivity index (χ3v) is 2.24. The first-order chi connectivity index (χ1) is 7.31. The highest BCUT2D eigenvalue weighted by atomic mass is 16.1. The predicted octanol–water partition coefficient (Wildman–Crippen LogP) is 0.140. The van der Waals surface area contributed by atoms with E-state index in [1.165, 1.54) is 0 Å². The zero-order valence-corrected chi connectivity index (χ0v) is 8.42. The minimum Gasteiger partial charge on any atom is -0.356 e. The number of amides is 1. The van der Waals surface area contributed by atoms with Crippen LogP contribution in [0, 0.1) is 0 Å². The quantitative estimate of drug-likeness (QED) is 0.653. The van der Waals surface area contributed by atoms with Crippen LogP contribution in [0.1, 0.15) is 10.5 Å². The van der Waals surface area contributed by atoms with Gasteiger partial charge in [0.2, 0.25) is 0 Å². The number of para-hydroxylation sites is 1. The zero-order chi connectivity index (χ0) is 10.7. The van der Waals surface area contributed by atoms with Crippen molar-refractivity contribution in [2.45, 2.75) is 0 Å². The number of aromatic amines is 1. The number of benzene rings is 1. The normalized spacial score (nSPS) is 10.5. The van der Waals surface area contributed by atoms with Gasteiger partial charge < -0.3 is 16.0 Å². The maximum absolute atomic E-state index is 11.6. The van der Waals surface area contributed by atoms with E-state index in [0.29, 0.717) is 18.8 Å². The third-order valence-electron chi connectivity index (χ3n) is 2.24. The maximum Gasteiger partial charge on any atom is 0.267 e. The molecule has 0 unspecified atom stereocenters.